The molecule has 6 nitrogen and oxygen atoms in total. The average Bonchev–Trinajstić information content (AvgIpc) is 2.86. The van der Waals surface area contributed by atoms with Crippen molar-refractivity contribution in [3.05, 3.63) is 35.2 Å². The number of pyridine rings is 1. The van der Waals surface area contributed by atoms with E-state index in [0.717, 1.165) is 81.4 Å². The maximum atomic E-state index is 5.05. The minimum Gasteiger partial charge on any atom is -0.371 e. The van der Waals surface area contributed by atoms with Gasteiger partial charge in [-0.05, 0) is 57.6 Å². The number of nitrogens with zero attached hydrogens (tertiary/aromatic N) is 5. The Hall–Kier alpha value is -2.34. The summed E-state index contributed by atoms with van der Waals surface area (Å²) in [6, 6.07) is 2.22. The van der Waals surface area contributed by atoms with Crippen LogP contribution in [0, 0.1) is 12.8 Å². The zero-order valence-electron chi connectivity index (χ0n) is 23.0. The molecule has 0 radical (unpaired) electrons. The predicted octanol–water partition coefficient (Wildman–Crippen LogP) is 5.60. The predicted molar refractivity (Wildman–Crippen MR) is 152 cm³/mol. The van der Waals surface area contributed by atoms with Gasteiger partial charge in [-0.15, -0.1) is 0 Å². The molecule has 3 heterocycles. The first kappa shape index (κ1) is 27.9. The fourth-order valence-corrected chi connectivity index (χ4v) is 5.13. The normalized spacial score (nSPS) is 18.2. The van der Waals surface area contributed by atoms with Crippen LogP contribution in [0.15, 0.2) is 28.9 Å². The van der Waals surface area contributed by atoms with Crippen LogP contribution in [-0.2, 0) is 0 Å². The highest BCUT2D eigenvalue weighted by atomic mass is 15.2. The van der Waals surface area contributed by atoms with Crippen molar-refractivity contribution in [2.24, 2.45) is 10.9 Å². The molecule has 0 amide bonds. The molecule has 1 aromatic heterocycles. The lowest BCUT2D eigenvalue weighted by molar-refractivity contribution is 0.355. The molecule has 192 valence electrons. The third-order valence-electron chi connectivity index (χ3n) is 6.85. The van der Waals surface area contributed by atoms with Crippen molar-refractivity contribution in [3.63, 3.8) is 0 Å². The molecule has 0 atom stereocenters. The van der Waals surface area contributed by atoms with E-state index >= 15 is 0 Å². The van der Waals surface area contributed by atoms with Gasteiger partial charge in [0.05, 0.1) is 0 Å². The molecular formula is C28H50N6. The first-order chi connectivity index (χ1) is 16.3. The molecule has 0 unspecified atom stereocenters. The molecule has 34 heavy (non-hydrogen) atoms. The molecule has 0 aromatic carbocycles. The van der Waals surface area contributed by atoms with Crippen LogP contribution in [0.4, 0.5) is 11.5 Å². The van der Waals surface area contributed by atoms with Crippen molar-refractivity contribution in [1.82, 2.24) is 15.2 Å². The Bertz CT molecular complexity index is 862. The van der Waals surface area contributed by atoms with Gasteiger partial charge < -0.3 is 20.0 Å². The molecule has 2 fully saturated rings. The summed E-state index contributed by atoms with van der Waals surface area (Å²) >= 11 is 0. The summed E-state index contributed by atoms with van der Waals surface area (Å²) in [5, 5.41) is 3.42. The minimum absolute atomic E-state index is 0. The SMILES string of the molecule is C=Cc1c(N2CCC(/C(CC)=C(\C)N=C(C)N3CCNCC3)CC2)cc(C)nc1N(C)C.CC.[HH]. The highest BCUT2D eigenvalue weighted by Gasteiger charge is 2.25. The summed E-state index contributed by atoms with van der Waals surface area (Å²) in [4.78, 5) is 16.8. The summed E-state index contributed by atoms with van der Waals surface area (Å²) in [5.41, 5.74) is 6.21. The van der Waals surface area contributed by atoms with Gasteiger partial charge in [-0.25, -0.2) is 9.98 Å². The molecule has 0 saturated carbocycles. The van der Waals surface area contributed by atoms with Crippen LogP contribution in [0.1, 0.15) is 66.6 Å². The standard InChI is InChI=1S/C26H42N6.C2H6.H2/c1-8-23(20(4)29-21(5)31-16-12-27-13-17-31)22-10-14-32(15-11-22)25-18-19(3)28-26(30(6)7)24(25)9-2;1-2;/h9,18,22,27H,2,8,10-17H2,1,3-7H3;1-2H3;1H/b23-20+,29-21?;;. The lowest BCUT2D eigenvalue weighted by Gasteiger charge is -2.36. The molecule has 3 rings (SSSR count). The van der Waals surface area contributed by atoms with Crippen LogP contribution in [0.3, 0.4) is 0 Å². The summed E-state index contributed by atoms with van der Waals surface area (Å²) in [5.74, 6) is 2.77. The van der Waals surface area contributed by atoms with Crippen LogP contribution in [0.5, 0.6) is 0 Å². The second-order valence-corrected chi connectivity index (χ2v) is 9.24. The van der Waals surface area contributed by atoms with Gasteiger partial charge in [0.15, 0.2) is 0 Å². The smallest absolute Gasteiger partial charge is 0.137 e. The van der Waals surface area contributed by atoms with Crippen LogP contribution in [0.25, 0.3) is 6.08 Å². The molecule has 2 saturated heterocycles. The monoisotopic (exact) mass is 470 g/mol. The van der Waals surface area contributed by atoms with E-state index in [1.165, 1.54) is 17.0 Å². The van der Waals surface area contributed by atoms with Crippen molar-refractivity contribution >= 4 is 23.4 Å². The van der Waals surface area contributed by atoms with Crippen LogP contribution >= 0.6 is 0 Å². The van der Waals surface area contributed by atoms with Crippen molar-refractivity contribution < 1.29 is 1.43 Å². The van der Waals surface area contributed by atoms with Crippen molar-refractivity contribution in [3.8, 4) is 0 Å². The fraction of sp³-hybridized carbons (Fsp3) is 0.643. The van der Waals surface area contributed by atoms with E-state index in [4.69, 9.17) is 9.98 Å². The number of aromatic nitrogens is 1. The molecule has 0 aliphatic carbocycles. The van der Waals surface area contributed by atoms with Crippen LogP contribution < -0.4 is 15.1 Å². The number of aliphatic imine (C=N–C) groups is 1. The van der Waals surface area contributed by atoms with Crippen LogP contribution in [-0.4, -0.2) is 69.1 Å². The molecule has 6 heteroatoms. The van der Waals surface area contributed by atoms with Gasteiger partial charge in [0, 0.05) is 77.4 Å². The number of hydrogen-bond donors (Lipinski definition) is 1. The lowest BCUT2D eigenvalue weighted by atomic mass is 9.86. The minimum atomic E-state index is 0. The van der Waals surface area contributed by atoms with E-state index in [9.17, 15) is 0 Å². The number of nitrogens with one attached hydrogen (secondary N) is 1. The summed E-state index contributed by atoms with van der Waals surface area (Å²) < 4.78 is 0. The number of piperazine rings is 1. The Morgan fingerprint density at radius 1 is 1.21 bits per heavy atom. The first-order valence-electron chi connectivity index (χ1n) is 13.1. The quantitative estimate of drug-likeness (QED) is 0.433. The molecule has 0 bridgehead atoms. The van der Waals surface area contributed by atoms with Gasteiger partial charge >= 0.3 is 0 Å². The third kappa shape index (κ3) is 6.84. The number of allylic oxidation sites excluding steroid dienone is 2. The van der Waals surface area contributed by atoms with E-state index < -0.39 is 0 Å². The van der Waals surface area contributed by atoms with Crippen molar-refractivity contribution in [2.45, 2.75) is 60.8 Å². The van der Waals surface area contributed by atoms with Gasteiger partial charge in [0.25, 0.3) is 0 Å². The van der Waals surface area contributed by atoms with Gasteiger partial charge in [0.2, 0.25) is 0 Å². The highest BCUT2D eigenvalue weighted by molar-refractivity contribution is 5.81. The Labute approximate surface area is 210 Å². The maximum absolute atomic E-state index is 5.05. The van der Waals surface area contributed by atoms with E-state index in [-0.39, 0.29) is 1.43 Å². The molecular weight excluding hydrogens is 420 g/mol. The largest absolute Gasteiger partial charge is 0.371 e. The zero-order valence-corrected chi connectivity index (χ0v) is 23.0. The Morgan fingerprint density at radius 2 is 1.82 bits per heavy atom. The van der Waals surface area contributed by atoms with Gasteiger partial charge in [-0.1, -0.05) is 33.4 Å². The number of rotatable bonds is 6. The number of amidine groups is 1. The van der Waals surface area contributed by atoms with Crippen molar-refractivity contribution in [2.75, 3.05) is 63.2 Å². The molecule has 0 spiro atoms. The second-order valence-electron chi connectivity index (χ2n) is 9.24. The fourth-order valence-electron chi connectivity index (χ4n) is 5.13. The topological polar surface area (TPSA) is 47.0 Å². The molecule has 2 aliphatic rings. The lowest BCUT2D eigenvalue weighted by Crippen LogP contribution is -2.45. The second kappa shape index (κ2) is 13.5. The Kier molecular flexibility index (Phi) is 11.1. The number of piperidine rings is 1. The van der Waals surface area contributed by atoms with Gasteiger partial charge in [0.1, 0.15) is 11.7 Å². The number of aryl methyl sites for hydroxylation is 1. The molecule has 1 N–H and O–H groups in total. The summed E-state index contributed by atoms with van der Waals surface area (Å²) in [7, 11) is 4.10. The Morgan fingerprint density at radius 3 is 2.35 bits per heavy atom. The van der Waals surface area contributed by atoms with Gasteiger partial charge in [-0.3, -0.25) is 0 Å². The van der Waals surface area contributed by atoms with E-state index in [2.05, 4.69) is 74.5 Å². The molecule has 2 aliphatic heterocycles. The average molecular weight is 471 g/mol. The van der Waals surface area contributed by atoms with Crippen molar-refractivity contribution in [1.29, 1.82) is 0 Å². The summed E-state index contributed by atoms with van der Waals surface area (Å²) in [6.07, 6.45) is 5.36. The summed E-state index contributed by atoms with van der Waals surface area (Å²) in [6.45, 7) is 23.1. The van der Waals surface area contributed by atoms with Gasteiger partial charge in [-0.2, -0.15) is 0 Å². The Balaban J connectivity index is 0.00000199. The van der Waals surface area contributed by atoms with E-state index in [1.807, 2.05) is 19.9 Å². The zero-order chi connectivity index (χ0) is 25.3. The maximum Gasteiger partial charge on any atom is 0.137 e. The number of anilines is 2. The third-order valence-corrected chi connectivity index (χ3v) is 6.85. The van der Waals surface area contributed by atoms with Crippen LogP contribution in [0.2, 0.25) is 0 Å². The molecule has 1 aromatic rings. The van der Waals surface area contributed by atoms with E-state index in [0.29, 0.717) is 5.92 Å². The van der Waals surface area contributed by atoms with E-state index in [1.54, 1.807) is 0 Å². The highest BCUT2D eigenvalue weighted by Crippen LogP contribution is 2.35. The number of hydrogen-bond acceptors (Lipinski definition) is 5. The first-order valence-corrected chi connectivity index (χ1v) is 13.1.